The molecule has 1 unspecified atom stereocenters. The molecule has 2 aromatic rings. The van der Waals surface area contributed by atoms with E-state index >= 15 is 0 Å². The molecule has 2 aliphatic heterocycles. The standard InChI is InChI=1S/C19H17F3N4O2S.C2H6/c20-14-4-2-13(3-5-14)16-17(25-9-6-19(21,22)7-10-25)23-12-15(24-16)18(27)26-8-1-11-29(26)28;1-2/h1-5,11-12H,6-10H2;1-2H3. The molecule has 1 fully saturated rings. The van der Waals surface area contributed by atoms with Crippen molar-refractivity contribution >= 4 is 22.7 Å². The summed E-state index contributed by atoms with van der Waals surface area (Å²) in [5, 5.41) is 1.41. The van der Waals surface area contributed by atoms with Gasteiger partial charge in [0.2, 0.25) is 0 Å². The van der Waals surface area contributed by atoms with Gasteiger partial charge in [-0.2, -0.15) is 0 Å². The Morgan fingerprint density at radius 3 is 2.35 bits per heavy atom. The Morgan fingerprint density at radius 1 is 1.13 bits per heavy atom. The molecule has 3 heterocycles. The molecule has 0 radical (unpaired) electrons. The number of aromatic nitrogens is 2. The van der Waals surface area contributed by atoms with Crippen LogP contribution in [-0.2, 0) is 11.0 Å². The zero-order valence-electron chi connectivity index (χ0n) is 17.2. The molecule has 1 amide bonds. The summed E-state index contributed by atoms with van der Waals surface area (Å²) >= 11 is 0. The third kappa shape index (κ3) is 5.12. The van der Waals surface area contributed by atoms with Gasteiger partial charge in [-0.1, -0.05) is 19.9 Å². The second-order valence-corrected chi connectivity index (χ2v) is 8.06. The number of benzene rings is 1. The summed E-state index contributed by atoms with van der Waals surface area (Å²) < 4.78 is 53.5. The number of carbonyl (C=O) groups is 1. The minimum absolute atomic E-state index is 0.0209. The Labute approximate surface area is 181 Å². The van der Waals surface area contributed by atoms with Gasteiger partial charge in [-0.15, -0.1) is 0 Å². The van der Waals surface area contributed by atoms with Gasteiger partial charge in [0.15, 0.2) is 5.82 Å². The lowest BCUT2D eigenvalue weighted by Gasteiger charge is -2.33. The summed E-state index contributed by atoms with van der Waals surface area (Å²) in [5.41, 5.74) is 0.771. The number of halogens is 3. The van der Waals surface area contributed by atoms with Gasteiger partial charge in [0.25, 0.3) is 11.8 Å². The van der Waals surface area contributed by atoms with Gasteiger partial charge in [0, 0.05) is 36.9 Å². The van der Waals surface area contributed by atoms with Crippen LogP contribution >= 0.6 is 0 Å². The SMILES string of the molecule is CC.O=C(c1cnc(N2CCC(F)(F)CC2)c(-c2ccc(F)cc2)n1)N1CC=CS1=O. The predicted octanol–water partition coefficient (Wildman–Crippen LogP) is 4.18. The lowest BCUT2D eigenvalue weighted by atomic mass is 10.1. The molecule has 0 spiro atoms. The van der Waals surface area contributed by atoms with E-state index in [1.54, 1.807) is 11.0 Å². The summed E-state index contributed by atoms with van der Waals surface area (Å²) in [7, 11) is -1.57. The first-order valence-corrected chi connectivity index (χ1v) is 11.2. The highest BCUT2D eigenvalue weighted by molar-refractivity contribution is 7.86. The monoisotopic (exact) mass is 452 g/mol. The third-order valence-corrected chi connectivity index (χ3v) is 5.99. The highest BCUT2D eigenvalue weighted by Crippen LogP contribution is 2.34. The van der Waals surface area contributed by atoms with Crippen LogP contribution in [0.4, 0.5) is 19.0 Å². The lowest BCUT2D eigenvalue weighted by Crippen LogP contribution is -2.40. The van der Waals surface area contributed by atoms with Crippen molar-refractivity contribution in [3.63, 3.8) is 0 Å². The molecule has 31 heavy (non-hydrogen) atoms. The third-order valence-electron chi connectivity index (χ3n) is 4.81. The number of hydrogen-bond acceptors (Lipinski definition) is 5. The smallest absolute Gasteiger partial charge is 0.286 e. The number of piperidine rings is 1. The molecule has 2 aliphatic rings. The molecule has 1 aromatic heterocycles. The molecule has 166 valence electrons. The van der Waals surface area contributed by atoms with Crippen molar-refractivity contribution in [2.75, 3.05) is 24.5 Å². The van der Waals surface area contributed by atoms with Crippen molar-refractivity contribution in [1.82, 2.24) is 14.3 Å². The number of rotatable bonds is 3. The first-order chi connectivity index (χ1) is 14.8. The highest BCUT2D eigenvalue weighted by atomic mass is 32.2. The summed E-state index contributed by atoms with van der Waals surface area (Å²) in [6.07, 6.45) is 2.25. The Kier molecular flexibility index (Phi) is 7.09. The van der Waals surface area contributed by atoms with E-state index in [0.29, 0.717) is 17.1 Å². The van der Waals surface area contributed by atoms with E-state index in [4.69, 9.17) is 0 Å². The minimum atomic E-state index is -2.72. The first-order valence-electron chi connectivity index (χ1n) is 9.99. The number of hydrogen-bond donors (Lipinski definition) is 0. The van der Waals surface area contributed by atoms with Gasteiger partial charge in [-0.25, -0.2) is 31.7 Å². The maximum Gasteiger partial charge on any atom is 0.286 e. The van der Waals surface area contributed by atoms with Gasteiger partial charge >= 0.3 is 0 Å². The molecule has 1 saturated heterocycles. The fraction of sp³-hybridized carbons (Fsp3) is 0.381. The van der Waals surface area contributed by atoms with Crippen LogP contribution in [0.1, 0.15) is 37.2 Å². The second-order valence-electron chi connectivity index (χ2n) is 6.79. The lowest BCUT2D eigenvalue weighted by molar-refractivity contribution is -0.0221. The molecule has 10 heteroatoms. The number of anilines is 1. The molecular weight excluding hydrogens is 429 g/mol. The zero-order chi connectivity index (χ0) is 22.6. The number of alkyl halides is 2. The van der Waals surface area contributed by atoms with E-state index in [2.05, 4.69) is 9.97 Å². The van der Waals surface area contributed by atoms with E-state index in [9.17, 15) is 22.2 Å². The molecule has 6 nitrogen and oxygen atoms in total. The van der Waals surface area contributed by atoms with Gasteiger partial charge in [-0.05, 0) is 24.3 Å². The molecule has 0 saturated carbocycles. The van der Waals surface area contributed by atoms with Crippen molar-refractivity contribution in [2.24, 2.45) is 0 Å². The van der Waals surface area contributed by atoms with Crippen LogP contribution in [0.2, 0.25) is 0 Å². The van der Waals surface area contributed by atoms with E-state index in [-0.39, 0.29) is 38.2 Å². The van der Waals surface area contributed by atoms with Crippen LogP contribution in [0.5, 0.6) is 0 Å². The number of amides is 1. The summed E-state index contributed by atoms with van der Waals surface area (Å²) in [6, 6.07) is 5.48. The highest BCUT2D eigenvalue weighted by Gasteiger charge is 2.35. The fourth-order valence-electron chi connectivity index (χ4n) is 3.22. The largest absolute Gasteiger partial charge is 0.354 e. The molecule has 0 bridgehead atoms. The molecular formula is C21H23F3N4O2S. The van der Waals surface area contributed by atoms with Crippen LogP contribution in [0.15, 0.2) is 41.9 Å². The molecule has 4 rings (SSSR count). The Hall–Kier alpha value is -2.75. The van der Waals surface area contributed by atoms with Crippen molar-refractivity contribution in [2.45, 2.75) is 32.6 Å². The van der Waals surface area contributed by atoms with Crippen LogP contribution in [0.25, 0.3) is 11.3 Å². The topological polar surface area (TPSA) is 66.4 Å². The van der Waals surface area contributed by atoms with Crippen molar-refractivity contribution < 1.29 is 22.2 Å². The second kappa shape index (κ2) is 9.59. The zero-order valence-corrected chi connectivity index (χ0v) is 18.0. The van der Waals surface area contributed by atoms with Gasteiger partial charge < -0.3 is 4.90 Å². The average molecular weight is 453 g/mol. The van der Waals surface area contributed by atoms with Crippen LogP contribution in [0.3, 0.4) is 0 Å². The van der Waals surface area contributed by atoms with Crippen LogP contribution in [0, 0.1) is 5.82 Å². The van der Waals surface area contributed by atoms with Crippen molar-refractivity contribution in [3.8, 4) is 11.3 Å². The maximum absolute atomic E-state index is 13.6. The van der Waals surface area contributed by atoms with E-state index < -0.39 is 28.6 Å². The maximum atomic E-state index is 13.6. The normalized spacial score (nSPS) is 19.7. The number of nitrogens with zero attached hydrogens (tertiary/aromatic N) is 4. The van der Waals surface area contributed by atoms with Crippen LogP contribution < -0.4 is 4.90 Å². The van der Waals surface area contributed by atoms with Crippen LogP contribution in [-0.4, -0.2) is 49.9 Å². The molecule has 0 N–H and O–H groups in total. The quantitative estimate of drug-likeness (QED) is 0.699. The Morgan fingerprint density at radius 2 is 1.77 bits per heavy atom. The molecule has 1 atom stereocenters. The summed E-state index contributed by atoms with van der Waals surface area (Å²) in [4.78, 5) is 23.1. The van der Waals surface area contributed by atoms with Crippen molar-refractivity contribution in [3.05, 3.63) is 53.5 Å². The van der Waals surface area contributed by atoms with E-state index in [1.807, 2.05) is 13.8 Å². The van der Waals surface area contributed by atoms with Gasteiger partial charge in [-0.3, -0.25) is 4.79 Å². The fourth-order valence-corrected chi connectivity index (χ4v) is 4.11. The first kappa shape index (κ1) is 22.9. The Bertz CT molecular complexity index is 989. The predicted molar refractivity (Wildman–Crippen MR) is 113 cm³/mol. The van der Waals surface area contributed by atoms with E-state index in [1.165, 1.54) is 35.9 Å². The Balaban J connectivity index is 0.00000132. The summed E-state index contributed by atoms with van der Waals surface area (Å²) in [5.74, 6) is -3.36. The number of carbonyl (C=O) groups excluding carboxylic acids is 1. The minimum Gasteiger partial charge on any atom is -0.354 e. The van der Waals surface area contributed by atoms with E-state index in [0.717, 1.165) is 4.31 Å². The van der Waals surface area contributed by atoms with Crippen molar-refractivity contribution in [1.29, 1.82) is 0 Å². The molecule has 0 aliphatic carbocycles. The molecule has 1 aromatic carbocycles. The average Bonchev–Trinajstić information content (AvgIpc) is 3.21. The summed E-state index contributed by atoms with van der Waals surface area (Å²) in [6.45, 7) is 4.37. The van der Waals surface area contributed by atoms with Gasteiger partial charge in [0.05, 0.1) is 12.7 Å². The van der Waals surface area contributed by atoms with Gasteiger partial charge in [0.1, 0.15) is 28.2 Å².